The van der Waals surface area contributed by atoms with Gasteiger partial charge in [-0.2, -0.15) is 0 Å². The van der Waals surface area contributed by atoms with E-state index in [4.69, 9.17) is 27.7 Å². The molecular weight excluding hydrogens is 241 g/mol. The van der Waals surface area contributed by atoms with Gasteiger partial charge < -0.3 is 9.26 Å². The fourth-order valence-electron chi connectivity index (χ4n) is 1.18. The molecule has 0 aliphatic heterocycles. The third-order valence-electron chi connectivity index (χ3n) is 1.89. The van der Waals surface area contributed by atoms with Gasteiger partial charge in [0.2, 0.25) is 0 Å². The summed E-state index contributed by atoms with van der Waals surface area (Å²) >= 11 is 11.6. The van der Waals surface area contributed by atoms with Crippen LogP contribution in [0.4, 0.5) is 0 Å². The number of methoxy groups -OCH3 is 1. The Balaban J connectivity index is 2.69. The third kappa shape index (κ3) is 1.66. The topological polar surface area (TPSA) is 52.3 Å². The molecule has 0 amide bonds. The van der Waals surface area contributed by atoms with Gasteiger partial charge in [-0.1, -0.05) is 28.4 Å². The van der Waals surface area contributed by atoms with Crippen LogP contribution in [0.3, 0.4) is 0 Å². The lowest BCUT2D eigenvalue weighted by Gasteiger charge is -1.95. The quantitative estimate of drug-likeness (QED) is 0.726. The molecule has 0 unspecified atom stereocenters. The molecule has 15 heavy (non-hydrogen) atoms. The average Bonchev–Trinajstić information content (AvgIpc) is 2.61. The predicted octanol–water partition coefficient (Wildman–Crippen LogP) is 2.92. The van der Waals surface area contributed by atoms with Crippen LogP contribution in [0.2, 0.25) is 10.0 Å². The van der Waals surface area contributed by atoms with E-state index in [2.05, 4.69) is 9.89 Å². The lowest BCUT2D eigenvalue weighted by atomic mass is 10.2. The van der Waals surface area contributed by atoms with Crippen molar-refractivity contribution in [2.75, 3.05) is 7.11 Å². The molecule has 0 saturated heterocycles. The Labute approximate surface area is 94.7 Å². The van der Waals surface area contributed by atoms with Crippen LogP contribution in [0.15, 0.2) is 16.7 Å². The zero-order valence-electron chi connectivity index (χ0n) is 7.58. The Morgan fingerprint density at radius 2 is 2.07 bits per heavy atom. The Morgan fingerprint density at radius 3 is 2.73 bits per heavy atom. The average molecular weight is 246 g/mol. The van der Waals surface area contributed by atoms with Crippen LogP contribution < -0.4 is 0 Å². The molecule has 0 atom stereocenters. The molecule has 0 aliphatic rings. The monoisotopic (exact) mass is 245 g/mol. The Hall–Kier alpha value is -1.26. The number of fused-ring (bicyclic) bond motifs is 1. The zero-order valence-corrected chi connectivity index (χ0v) is 9.09. The van der Waals surface area contributed by atoms with Crippen molar-refractivity contribution in [3.05, 3.63) is 27.9 Å². The normalized spacial score (nSPS) is 10.6. The van der Waals surface area contributed by atoms with Crippen LogP contribution >= 0.6 is 23.2 Å². The molecule has 0 radical (unpaired) electrons. The molecule has 0 fully saturated rings. The second-order valence-corrected chi connectivity index (χ2v) is 3.60. The van der Waals surface area contributed by atoms with Crippen LogP contribution in [0.5, 0.6) is 0 Å². The zero-order chi connectivity index (χ0) is 11.0. The van der Waals surface area contributed by atoms with Crippen molar-refractivity contribution in [2.45, 2.75) is 0 Å². The first-order chi connectivity index (χ1) is 7.13. The number of halogens is 2. The lowest BCUT2D eigenvalue weighted by Crippen LogP contribution is -1.99. The highest BCUT2D eigenvalue weighted by atomic mass is 35.5. The highest BCUT2D eigenvalue weighted by Gasteiger charge is 2.18. The van der Waals surface area contributed by atoms with Crippen molar-refractivity contribution in [1.29, 1.82) is 0 Å². The third-order valence-corrected chi connectivity index (χ3v) is 2.61. The Morgan fingerprint density at radius 1 is 1.40 bits per heavy atom. The maximum Gasteiger partial charge on any atom is 0.377 e. The molecule has 0 saturated carbocycles. The van der Waals surface area contributed by atoms with Crippen LogP contribution in [-0.4, -0.2) is 18.2 Å². The summed E-state index contributed by atoms with van der Waals surface area (Å²) in [7, 11) is 1.26. The highest BCUT2D eigenvalue weighted by Crippen LogP contribution is 2.29. The summed E-state index contributed by atoms with van der Waals surface area (Å²) < 4.78 is 9.36. The Kier molecular flexibility index (Phi) is 2.54. The SMILES string of the molecule is COC(=O)c1onc2cc(Cl)c(Cl)cc12. The van der Waals surface area contributed by atoms with Gasteiger partial charge in [-0.25, -0.2) is 4.79 Å². The predicted molar refractivity (Wildman–Crippen MR) is 55.4 cm³/mol. The number of hydrogen-bond acceptors (Lipinski definition) is 4. The van der Waals surface area contributed by atoms with E-state index in [1.807, 2.05) is 0 Å². The van der Waals surface area contributed by atoms with Crippen LogP contribution in [0.1, 0.15) is 10.6 Å². The van der Waals surface area contributed by atoms with E-state index in [0.29, 0.717) is 20.9 Å². The van der Waals surface area contributed by atoms with Gasteiger partial charge in [0.05, 0.1) is 22.5 Å². The second kappa shape index (κ2) is 3.72. The Bertz CT molecular complexity index is 535. The molecule has 0 N–H and O–H groups in total. The van der Waals surface area contributed by atoms with Gasteiger partial charge in [0.1, 0.15) is 5.52 Å². The van der Waals surface area contributed by atoms with Crippen molar-refractivity contribution in [1.82, 2.24) is 5.16 Å². The minimum Gasteiger partial charge on any atom is -0.463 e. The number of benzene rings is 1. The number of carbonyl (C=O) groups is 1. The number of rotatable bonds is 1. The van der Waals surface area contributed by atoms with Gasteiger partial charge in [0.25, 0.3) is 5.76 Å². The van der Waals surface area contributed by atoms with Gasteiger partial charge in [-0.15, -0.1) is 0 Å². The molecule has 1 heterocycles. The van der Waals surface area contributed by atoms with Crippen molar-refractivity contribution >= 4 is 40.1 Å². The minimum atomic E-state index is -0.601. The number of nitrogens with zero attached hydrogens (tertiary/aromatic N) is 1. The fraction of sp³-hybridized carbons (Fsp3) is 0.111. The van der Waals surface area contributed by atoms with Gasteiger partial charge in [-0.3, -0.25) is 0 Å². The summed E-state index contributed by atoms with van der Waals surface area (Å²) in [6.07, 6.45) is 0. The molecule has 1 aromatic heterocycles. The van der Waals surface area contributed by atoms with Crippen molar-refractivity contribution in [3.63, 3.8) is 0 Å². The number of ether oxygens (including phenoxy) is 1. The van der Waals surface area contributed by atoms with E-state index in [9.17, 15) is 4.79 Å². The summed E-state index contributed by atoms with van der Waals surface area (Å²) in [4.78, 5) is 11.3. The van der Waals surface area contributed by atoms with E-state index in [1.165, 1.54) is 19.2 Å². The molecule has 2 aromatic rings. The standard InChI is InChI=1S/C9H5Cl2NO3/c1-14-9(13)8-4-2-5(10)6(11)3-7(4)12-15-8/h2-3H,1H3. The molecule has 4 nitrogen and oxygen atoms in total. The second-order valence-electron chi connectivity index (χ2n) is 2.79. The minimum absolute atomic E-state index is 0.0195. The van der Waals surface area contributed by atoms with E-state index in [0.717, 1.165) is 0 Å². The maximum atomic E-state index is 11.3. The molecule has 78 valence electrons. The fourth-order valence-corrected chi connectivity index (χ4v) is 1.50. The van der Waals surface area contributed by atoms with Gasteiger partial charge in [-0.05, 0) is 12.1 Å². The van der Waals surface area contributed by atoms with Crippen molar-refractivity contribution in [3.8, 4) is 0 Å². The van der Waals surface area contributed by atoms with Gasteiger partial charge >= 0.3 is 5.97 Å². The number of esters is 1. The van der Waals surface area contributed by atoms with Gasteiger partial charge in [0, 0.05) is 0 Å². The highest BCUT2D eigenvalue weighted by molar-refractivity contribution is 6.42. The summed E-state index contributed by atoms with van der Waals surface area (Å²) in [6, 6.07) is 3.04. The van der Waals surface area contributed by atoms with E-state index in [-0.39, 0.29) is 5.76 Å². The largest absolute Gasteiger partial charge is 0.463 e. The number of hydrogen-bond donors (Lipinski definition) is 0. The van der Waals surface area contributed by atoms with E-state index >= 15 is 0 Å². The summed E-state index contributed by atoms with van der Waals surface area (Å²) in [6.45, 7) is 0. The molecule has 0 bridgehead atoms. The molecule has 2 rings (SSSR count). The smallest absolute Gasteiger partial charge is 0.377 e. The van der Waals surface area contributed by atoms with E-state index < -0.39 is 5.97 Å². The molecule has 6 heteroatoms. The summed E-state index contributed by atoms with van der Waals surface area (Å²) in [5.74, 6) is -0.582. The lowest BCUT2D eigenvalue weighted by molar-refractivity contribution is 0.0558. The maximum absolute atomic E-state index is 11.3. The van der Waals surface area contributed by atoms with E-state index in [1.54, 1.807) is 0 Å². The molecular formula is C9H5Cl2NO3. The summed E-state index contributed by atoms with van der Waals surface area (Å²) in [5, 5.41) is 4.84. The molecule has 1 aromatic carbocycles. The van der Waals surface area contributed by atoms with Crippen molar-refractivity contribution in [2.24, 2.45) is 0 Å². The first-order valence-corrected chi connectivity index (χ1v) is 4.72. The molecule has 0 aliphatic carbocycles. The van der Waals surface area contributed by atoms with Crippen LogP contribution in [-0.2, 0) is 4.74 Å². The number of carbonyl (C=O) groups excluding carboxylic acids is 1. The first-order valence-electron chi connectivity index (χ1n) is 3.96. The first kappa shape index (κ1) is 10.3. The van der Waals surface area contributed by atoms with Crippen LogP contribution in [0.25, 0.3) is 10.9 Å². The van der Waals surface area contributed by atoms with Crippen LogP contribution in [0, 0.1) is 0 Å². The van der Waals surface area contributed by atoms with Crippen molar-refractivity contribution < 1.29 is 14.1 Å². The molecule has 0 spiro atoms. The van der Waals surface area contributed by atoms with Gasteiger partial charge in [0.15, 0.2) is 0 Å². The summed E-state index contributed by atoms with van der Waals surface area (Å²) in [5.41, 5.74) is 0.463. The number of aromatic nitrogens is 1.